The van der Waals surface area contributed by atoms with Crippen molar-refractivity contribution in [1.29, 1.82) is 0 Å². The van der Waals surface area contributed by atoms with Gasteiger partial charge < -0.3 is 10.0 Å². The predicted octanol–water partition coefficient (Wildman–Crippen LogP) is 2.10. The van der Waals surface area contributed by atoms with Gasteiger partial charge in [-0.3, -0.25) is 4.79 Å². The van der Waals surface area contributed by atoms with E-state index in [2.05, 4.69) is 12.6 Å². The number of thiol groups is 1. The lowest BCUT2D eigenvalue weighted by molar-refractivity contribution is 0.0502. The highest BCUT2D eigenvalue weighted by Gasteiger charge is 2.27. The molecule has 0 radical (unpaired) electrons. The van der Waals surface area contributed by atoms with Crippen LogP contribution in [-0.2, 0) is 0 Å². The van der Waals surface area contributed by atoms with Gasteiger partial charge in [0.25, 0.3) is 5.91 Å². The summed E-state index contributed by atoms with van der Waals surface area (Å²) in [6.45, 7) is 0.615. The van der Waals surface area contributed by atoms with Gasteiger partial charge in [0, 0.05) is 17.0 Å². The summed E-state index contributed by atoms with van der Waals surface area (Å²) in [5, 5.41) is 9.29. The molecule has 1 unspecified atom stereocenters. The highest BCUT2D eigenvalue weighted by atomic mass is 32.1. The van der Waals surface area contributed by atoms with Gasteiger partial charge in [0.2, 0.25) is 0 Å². The maximum absolute atomic E-state index is 13.1. The molecule has 0 spiro atoms. The van der Waals surface area contributed by atoms with Crippen molar-refractivity contribution in [3.05, 3.63) is 29.6 Å². The molecule has 1 aliphatic heterocycles. The molecule has 1 aromatic rings. The molecule has 1 N–H and O–H groups in total. The Bertz CT molecular complexity index is 453. The lowest BCUT2D eigenvalue weighted by Gasteiger charge is -2.34. The summed E-state index contributed by atoms with van der Waals surface area (Å²) in [5.41, 5.74) is 0.418. The number of hydrogen-bond acceptors (Lipinski definition) is 3. The molecule has 1 aliphatic rings. The van der Waals surface area contributed by atoms with E-state index in [1.54, 1.807) is 4.90 Å². The normalized spacial score (nSPS) is 19.9. The topological polar surface area (TPSA) is 40.5 Å². The van der Waals surface area contributed by atoms with Crippen LogP contribution in [-0.4, -0.2) is 35.1 Å². The van der Waals surface area contributed by atoms with Crippen LogP contribution in [0.4, 0.5) is 4.39 Å². The monoisotopic (exact) mass is 269 g/mol. The molecule has 2 rings (SSSR count). The zero-order valence-corrected chi connectivity index (χ0v) is 10.9. The van der Waals surface area contributed by atoms with Crippen molar-refractivity contribution >= 4 is 18.5 Å². The quantitative estimate of drug-likeness (QED) is 0.807. The molecule has 0 bridgehead atoms. The van der Waals surface area contributed by atoms with Gasteiger partial charge in [0.15, 0.2) is 0 Å². The number of likely N-dealkylation sites (tertiary alicyclic amines) is 1. The van der Waals surface area contributed by atoms with Gasteiger partial charge >= 0.3 is 0 Å². The number of aliphatic hydroxyl groups excluding tert-OH is 1. The highest BCUT2D eigenvalue weighted by molar-refractivity contribution is 7.80. The number of amides is 1. The van der Waals surface area contributed by atoms with Gasteiger partial charge in [-0.15, -0.1) is 12.6 Å². The van der Waals surface area contributed by atoms with Gasteiger partial charge in [-0.2, -0.15) is 0 Å². The molecule has 5 heteroatoms. The van der Waals surface area contributed by atoms with Crippen LogP contribution < -0.4 is 0 Å². The zero-order valence-electron chi connectivity index (χ0n) is 9.97. The van der Waals surface area contributed by atoms with Crippen LogP contribution in [0.5, 0.6) is 0 Å². The molecule has 1 amide bonds. The minimum Gasteiger partial charge on any atom is -0.394 e. The van der Waals surface area contributed by atoms with E-state index in [1.165, 1.54) is 18.2 Å². The third-order valence-electron chi connectivity index (χ3n) is 3.29. The molecule has 1 aromatic carbocycles. The molecular formula is C13H16FNO2S. The van der Waals surface area contributed by atoms with E-state index in [0.717, 1.165) is 19.3 Å². The second-order valence-corrected chi connectivity index (χ2v) is 4.98. The van der Waals surface area contributed by atoms with E-state index >= 15 is 0 Å². The van der Waals surface area contributed by atoms with Crippen molar-refractivity contribution in [2.45, 2.75) is 30.2 Å². The Morgan fingerprint density at radius 1 is 1.50 bits per heavy atom. The Morgan fingerprint density at radius 2 is 2.28 bits per heavy atom. The van der Waals surface area contributed by atoms with E-state index in [4.69, 9.17) is 0 Å². The Kier molecular flexibility index (Phi) is 4.24. The first-order valence-electron chi connectivity index (χ1n) is 6.04. The van der Waals surface area contributed by atoms with Crippen LogP contribution in [0.1, 0.15) is 29.6 Å². The van der Waals surface area contributed by atoms with E-state index in [-0.39, 0.29) is 23.5 Å². The minimum absolute atomic E-state index is 0.0271. The molecule has 0 aromatic heterocycles. The van der Waals surface area contributed by atoms with E-state index in [9.17, 15) is 14.3 Å². The lowest BCUT2D eigenvalue weighted by atomic mass is 10.0. The number of carbonyl (C=O) groups excluding carboxylic acids is 1. The number of benzene rings is 1. The highest BCUT2D eigenvalue weighted by Crippen LogP contribution is 2.21. The first kappa shape index (κ1) is 13.4. The van der Waals surface area contributed by atoms with Crippen LogP contribution in [0.3, 0.4) is 0 Å². The van der Waals surface area contributed by atoms with Gasteiger partial charge in [-0.05, 0) is 37.5 Å². The second-order valence-electron chi connectivity index (χ2n) is 4.50. The lowest BCUT2D eigenvalue weighted by Crippen LogP contribution is -2.45. The zero-order chi connectivity index (χ0) is 13.1. The Hall–Kier alpha value is -1.07. The maximum Gasteiger partial charge on any atom is 0.254 e. The van der Waals surface area contributed by atoms with Crippen LogP contribution in [0.15, 0.2) is 23.1 Å². The van der Waals surface area contributed by atoms with Crippen LogP contribution in [0.2, 0.25) is 0 Å². The average Bonchev–Trinajstić information content (AvgIpc) is 2.41. The van der Waals surface area contributed by atoms with Gasteiger partial charge in [-0.25, -0.2) is 4.39 Å². The van der Waals surface area contributed by atoms with Crippen molar-refractivity contribution in [2.24, 2.45) is 0 Å². The molecule has 1 heterocycles. The molecule has 0 aliphatic carbocycles. The fourth-order valence-corrected chi connectivity index (χ4v) is 2.48. The summed E-state index contributed by atoms with van der Waals surface area (Å²) in [4.78, 5) is 14.1. The van der Waals surface area contributed by atoms with Crippen molar-refractivity contribution in [3.63, 3.8) is 0 Å². The molecular weight excluding hydrogens is 253 g/mol. The molecule has 1 atom stereocenters. The van der Waals surface area contributed by atoms with Crippen LogP contribution in [0, 0.1) is 5.82 Å². The molecule has 0 saturated carbocycles. The summed E-state index contributed by atoms with van der Waals surface area (Å²) in [6, 6.07) is 4.01. The predicted molar refractivity (Wildman–Crippen MR) is 69.4 cm³/mol. The maximum atomic E-state index is 13.1. The number of piperidine rings is 1. The summed E-state index contributed by atoms with van der Waals surface area (Å²) in [5.74, 6) is -0.601. The van der Waals surface area contributed by atoms with E-state index in [1.807, 2.05) is 0 Å². The van der Waals surface area contributed by atoms with E-state index < -0.39 is 5.82 Å². The molecule has 98 valence electrons. The van der Waals surface area contributed by atoms with Crippen LogP contribution >= 0.6 is 12.6 Å². The van der Waals surface area contributed by atoms with Crippen molar-refractivity contribution < 1.29 is 14.3 Å². The summed E-state index contributed by atoms with van der Waals surface area (Å²) in [7, 11) is 0. The number of hydrogen-bond donors (Lipinski definition) is 2. The standard InChI is InChI=1S/C13H16FNO2S/c14-11-5-4-9(7-12(11)18)13(17)15-6-2-1-3-10(15)8-16/h4-5,7,10,16,18H,1-3,6,8H2. The van der Waals surface area contributed by atoms with Gasteiger partial charge in [-0.1, -0.05) is 0 Å². The van der Waals surface area contributed by atoms with Crippen molar-refractivity contribution in [1.82, 2.24) is 4.90 Å². The van der Waals surface area contributed by atoms with Gasteiger partial charge in [0.05, 0.1) is 12.6 Å². The van der Waals surface area contributed by atoms with E-state index in [0.29, 0.717) is 12.1 Å². The fraction of sp³-hybridized carbons (Fsp3) is 0.462. The first-order chi connectivity index (χ1) is 8.63. The summed E-state index contributed by atoms with van der Waals surface area (Å²) in [6.07, 6.45) is 2.78. The molecule has 3 nitrogen and oxygen atoms in total. The third-order valence-corrected chi connectivity index (χ3v) is 3.63. The molecule has 1 saturated heterocycles. The number of carbonyl (C=O) groups is 1. The first-order valence-corrected chi connectivity index (χ1v) is 6.48. The number of nitrogens with zero attached hydrogens (tertiary/aromatic N) is 1. The Morgan fingerprint density at radius 3 is 2.94 bits per heavy atom. The Balaban J connectivity index is 2.21. The third kappa shape index (κ3) is 2.67. The molecule has 18 heavy (non-hydrogen) atoms. The smallest absolute Gasteiger partial charge is 0.254 e. The summed E-state index contributed by atoms with van der Waals surface area (Å²) >= 11 is 3.98. The van der Waals surface area contributed by atoms with Crippen molar-refractivity contribution in [3.8, 4) is 0 Å². The summed E-state index contributed by atoms with van der Waals surface area (Å²) < 4.78 is 13.1. The fourth-order valence-electron chi connectivity index (χ4n) is 2.27. The SMILES string of the molecule is O=C(c1ccc(F)c(S)c1)N1CCCCC1CO. The number of aliphatic hydroxyl groups is 1. The second kappa shape index (κ2) is 5.71. The van der Waals surface area contributed by atoms with Crippen molar-refractivity contribution in [2.75, 3.05) is 13.2 Å². The molecule has 1 fully saturated rings. The van der Waals surface area contributed by atoms with Crippen LogP contribution in [0.25, 0.3) is 0 Å². The largest absolute Gasteiger partial charge is 0.394 e. The number of rotatable bonds is 2. The minimum atomic E-state index is -0.438. The Labute approximate surface area is 111 Å². The average molecular weight is 269 g/mol. The number of halogens is 1. The van der Waals surface area contributed by atoms with Gasteiger partial charge in [0.1, 0.15) is 5.82 Å².